The van der Waals surface area contributed by atoms with E-state index in [0.29, 0.717) is 5.69 Å². The highest BCUT2D eigenvalue weighted by atomic mass is 79.9. The maximum absolute atomic E-state index is 14.2. The lowest BCUT2D eigenvalue weighted by Gasteiger charge is -2.29. The third-order valence-electron chi connectivity index (χ3n) is 5.30. The van der Waals surface area contributed by atoms with Crippen LogP contribution in [-0.4, -0.2) is 34.3 Å². The molecule has 2 aromatic rings. The molecule has 178 valence electrons. The Morgan fingerprint density at radius 3 is 2.48 bits per heavy atom. The first-order valence-corrected chi connectivity index (χ1v) is 12.5. The summed E-state index contributed by atoms with van der Waals surface area (Å²) in [6.07, 6.45) is -3.63. The van der Waals surface area contributed by atoms with Crippen molar-refractivity contribution in [2.24, 2.45) is 5.16 Å². The summed E-state index contributed by atoms with van der Waals surface area (Å²) in [7, 11) is 0. The molecule has 33 heavy (non-hydrogen) atoms. The topological polar surface area (TPSA) is 63.6 Å². The van der Waals surface area contributed by atoms with Gasteiger partial charge in [0.05, 0.1) is 26.3 Å². The summed E-state index contributed by atoms with van der Waals surface area (Å²) in [4.78, 5) is 21.3. The summed E-state index contributed by atoms with van der Waals surface area (Å²) in [5.41, 5.74) is -1.56. The van der Waals surface area contributed by atoms with Crippen molar-refractivity contribution in [1.29, 1.82) is 0 Å². The maximum Gasteiger partial charge on any atom is 0.435 e. The van der Waals surface area contributed by atoms with Gasteiger partial charge >= 0.3 is 6.18 Å². The largest absolute Gasteiger partial charge is 0.435 e. The van der Waals surface area contributed by atoms with Crippen LogP contribution in [0.3, 0.4) is 0 Å². The van der Waals surface area contributed by atoms with Crippen molar-refractivity contribution in [3.8, 4) is 0 Å². The van der Waals surface area contributed by atoms with Gasteiger partial charge in [0.1, 0.15) is 5.71 Å². The molecule has 0 fully saturated rings. The van der Waals surface area contributed by atoms with Crippen LogP contribution in [0.4, 0.5) is 17.6 Å². The van der Waals surface area contributed by atoms with Gasteiger partial charge in [0.2, 0.25) is 5.91 Å². The van der Waals surface area contributed by atoms with Crippen molar-refractivity contribution < 1.29 is 27.2 Å². The molecule has 3 rings (SSSR count). The fourth-order valence-corrected chi connectivity index (χ4v) is 4.68. The number of hydrogen-bond donors (Lipinski definition) is 1. The molecule has 1 aliphatic rings. The number of pyridine rings is 1. The number of thioether (sulfide) groups is 1. The van der Waals surface area contributed by atoms with Crippen molar-refractivity contribution >= 4 is 55.2 Å². The van der Waals surface area contributed by atoms with Crippen LogP contribution < -0.4 is 5.32 Å². The first kappa shape index (κ1) is 26.0. The van der Waals surface area contributed by atoms with Gasteiger partial charge in [-0.3, -0.25) is 9.78 Å². The highest BCUT2D eigenvalue weighted by Gasteiger charge is 2.62. The van der Waals surface area contributed by atoms with Crippen molar-refractivity contribution in [3.63, 3.8) is 0 Å². The minimum Gasteiger partial charge on any atom is -0.374 e. The van der Waals surface area contributed by atoms with Gasteiger partial charge in [-0.25, -0.2) is 4.39 Å². The Morgan fingerprint density at radius 1 is 1.30 bits per heavy atom. The molecule has 12 heteroatoms. The van der Waals surface area contributed by atoms with Gasteiger partial charge in [-0.2, -0.15) is 24.9 Å². The van der Waals surface area contributed by atoms with Crippen LogP contribution in [0.25, 0.3) is 0 Å². The summed E-state index contributed by atoms with van der Waals surface area (Å²) in [6, 6.07) is 5.29. The molecule has 1 N–H and O–H groups in total. The van der Waals surface area contributed by atoms with E-state index in [1.54, 1.807) is 19.9 Å². The van der Waals surface area contributed by atoms with Gasteiger partial charge in [-0.05, 0) is 75.7 Å². The lowest BCUT2D eigenvalue weighted by molar-refractivity contribution is -0.275. The van der Waals surface area contributed by atoms with E-state index in [1.807, 2.05) is 6.26 Å². The molecule has 0 radical (unpaired) electrons. The average molecular weight is 613 g/mol. The summed E-state index contributed by atoms with van der Waals surface area (Å²) >= 11 is 7.30. The number of nitrogens with one attached hydrogen (secondary N) is 1. The minimum atomic E-state index is -4.83. The van der Waals surface area contributed by atoms with E-state index in [0.717, 1.165) is 17.7 Å². The molecule has 1 amide bonds. The Kier molecular flexibility index (Phi) is 7.79. The van der Waals surface area contributed by atoms with Gasteiger partial charge in [0, 0.05) is 17.8 Å². The Hall–Kier alpha value is -1.66. The molecule has 0 spiro atoms. The van der Waals surface area contributed by atoms with E-state index in [-0.39, 0.29) is 43.6 Å². The average Bonchev–Trinajstić information content (AvgIpc) is 3.22. The Balaban J connectivity index is 1.86. The van der Waals surface area contributed by atoms with E-state index < -0.39 is 24.0 Å². The highest BCUT2D eigenvalue weighted by Crippen LogP contribution is 2.50. The van der Waals surface area contributed by atoms with Crippen LogP contribution in [0.1, 0.15) is 35.9 Å². The maximum atomic E-state index is 14.2. The second-order valence-corrected chi connectivity index (χ2v) is 10.3. The first-order valence-electron chi connectivity index (χ1n) is 9.64. The Bertz CT molecular complexity index is 1090. The van der Waals surface area contributed by atoms with Crippen molar-refractivity contribution in [3.05, 3.63) is 61.5 Å². The molecule has 2 unspecified atom stereocenters. The molecule has 2 atom stereocenters. The number of halogens is 6. The lowest BCUT2D eigenvalue weighted by atomic mass is 9.87. The van der Waals surface area contributed by atoms with E-state index in [2.05, 4.69) is 47.3 Å². The minimum absolute atomic E-state index is 0.0126. The fourth-order valence-electron chi connectivity index (χ4n) is 3.20. The number of amides is 1. The van der Waals surface area contributed by atoms with Gasteiger partial charge in [0.15, 0.2) is 5.82 Å². The molecule has 0 saturated heterocycles. The second-order valence-electron chi connectivity index (χ2n) is 7.42. The SMILES string of the molecule is CSC(C)C(=O)NCc1ccc(C2=NOC(c3cc(Br)c(F)c(Br)c3)(C(F)(F)F)C2)nc1C. The van der Waals surface area contributed by atoms with Crippen LogP contribution in [-0.2, 0) is 21.8 Å². The van der Waals surface area contributed by atoms with Crippen LogP contribution in [0.15, 0.2) is 38.4 Å². The molecule has 1 aromatic heterocycles. The van der Waals surface area contributed by atoms with Crippen molar-refractivity contribution in [2.75, 3.05) is 6.26 Å². The standard InChI is InChI=1S/C21H19Br2F4N3O2S/c1-10-12(9-28-19(31)11(2)33-3)4-5-16(29-10)17-8-20(32-30-17,21(25,26)27)13-6-14(22)18(24)15(23)7-13/h4-7,11H,8-9H2,1-3H3,(H,28,31). The van der Waals surface area contributed by atoms with Crippen molar-refractivity contribution in [2.45, 2.75) is 43.8 Å². The van der Waals surface area contributed by atoms with E-state index in [4.69, 9.17) is 4.84 Å². The van der Waals surface area contributed by atoms with Gasteiger partial charge in [-0.1, -0.05) is 11.2 Å². The molecule has 0 aliphatic carbocycles. The number of hydrogen-bond acceptors (Lipinski definition) is 5. The molecule has 5 nitrogen and oxygen atoms in total. The Labute approximate surface area is 209 Å². The summed E-state index contributed by atoms with van der Waals surface area (Å²) in [5.74, 6) is -0.840. The zero-order valence-corrected chi connectivity index (χ0v) is 21.7. The summed E-state index contributed by atoms with van der Waals surface area (Å²) in [6.45, 7) is 3.73. The molecule has 1 aromatic carbocycles. The van der Waals surface area contributed by atoms with Gasteiger partial charge in [-0.15, -0.1) is 0 Å². The third kappa shape index (κ3) is 5.22. The molecule has 2 heterocycles. The molecular weight excluding hydrogens is 594 g/mol. The first-order chi connectivity index (χ1) is 15.4. The molecule has 0 saturated carbocycles. The zero-order chi connectivity index (χ0) is 24.6. The van der Waals surface area contributed by atoms with Gasteiger partial charge < -0.3 is 10.2 Å². The molecular formula is C21H19Br2F4N3O2S. The normalized spacial score (nSPS) is 19.1. The fraction of sp³-hybridized carbons (Fsp3) is 0.381. The predicted molar refractivity (Wildman–Crippen MR) is 126 cm³/mol. The number of carbonyl (C=O) groups is 1. The number of aromatic nitrogens is 1. The molecule has 0 bridgehead atoms. The quantitative estimate of drug-likeness (QED) is 0.321. The zero-order valence-electron chi connectivity index (χ0n) is 17.7. The van der Waals surface area contributed by atoms with Crippen LogP contribution in [0.2, 0.25) is 0 Å². The number of aryl methyl sites for hydroxylation is 1. The lowest BCUT2D eigenvalue weighted by Crippen LogP contribution is -2.42. The monoisotopic (exact) mass is 611 g/mol. The van der Waals surface area contributed by atoms with Gasteiger partial charge in [0.25, 0.3) is 5.60 Å². The number of carbonyl (C=O) groups excluding carboxylic acids is 1. The molecule has 1 aliphatic heterocycles. The Morgan fingerprint density at radius 2 is 1.94 bits per heavy atom. The number of nitrogens with zero attached hydrogens (tertiary/aromatic N) is 2. The van der Waals surface area contributed by atoms with Crippen LogP contribution in [0.5, 0.6) is 0 Å². The van der Waals surface area contributed by atoms with Crippen molar-refractivity contribution in [1.82, 2.24) is 10.3 Å². The highest BCUT2D eigenvalue weighted by molar-refractivity contribution is 9.11. The predicted octanol–water partition coefficient (Wildman–Crippen LogP) is 6.00. The summed E-state index contributed by atoms with van der Waals surface area (Å²) in [5, 5.41) is 6.30. The van der Waals surface area contributed by atoms with Crippen LogP contribution >= 0.6 is 43.6 Å². The van der Waals surface area contributed by atoms with E-state index in [9.17, 15) is 22.4 Å². The number of rotatable bonds is 6. The third-order valence-corrected chi connectivity index (χ3v) is 7.38. The van der Waals surface area contributed by atoms with E-state index in [1.165, 1.54) is 17.8 Å². The van der Waals surface area contributed by atoms with E-state index >= 15 is 0 Å². The van der Waals surface area contributed by atoms with Crippen LogP contribution in [0, 0.1) is 12.7 Å². The second kappa shape index (κ2) is 9.91. The number of alkyl halides is 3. The number of oxime groups is 1. The smallest absolute Gasteiger partial charge is 0.374 e. The number of benzene rings is 1. The summed E-state index contributed by atoms with van der Waals surface area (Å²) < 4.78 is 56.2.